The van der Waals surface area contributed by atoms with Gasteiger partial charge in [0.1, 0.15) is 12.2 Å². The fraction of sp³-hybridized carbons (Fsp3) is 0.808. The van der Waals surface area contributed by atoms with Gasteiger partial charge in [0.2, 0.25) is 5.72 Å². The van der Waals surface area contributed by atoms with Crippen LogP contribution in [0.5, 0.6) is 5.88 Å². The van der Waals surface area contributed by atoms with E-state index in [9.17, 15) is 4.79 Å². The molecule has 0 saturated heterocycles. The summed E-state index contributed by atoms with van der Waals surface area (Å²) in [4.78, 5) is 12.6. The zero-order valence-corrected chi connectivity index (χ0v) is 22.5. The number of likely N-dealkylation sites (N-methyl/N-ethyl adjacent to an activating group) is 1. The van der Waals surface area contributed by atoms with E-state index in [2.05, 4.69) is 35.7 Å². The molecule has 0 bridgehead atoms. The Morgan fingerprint density at radius 3 is 2.42 bits per heavy atom. The van der Waals surface area contributed by atoms with E-state index in [-0.39, 0.29) is 5.97 Å². The maximum atomic E-state index is 12.6. The summed E-state index contributed by atoms with van der Waals surface area (Å²) >= 11 is 1.20. The van der Waals surface area contributed by atoms with Crippen molar-refractivity contribution in [1.29, 1.82) is 0 Å². The Hall–Kier alpha value is -1.47. The highest BCUT2D eigenvalue weighted by Gasteiger charge is 2.45. The van der Waals surface area contributed by atoms with Crippen molar-refractivity contribution in [2.75, 3.05) is 26.7 Å². The maximum Gasteiger partial charge on any atom is 0.310 e. The van der Waals surface area contributed by atoms with E-state index >= 15 is 0 Å². The number of ether oxygens (including phenoxy) is 2. The number of aromatic nitrogens is 2. The first-order valence-electron chi connectivity index (χ1n) is 13.0. The molecule has 1 aliphatic heterocycles. The highest BCUT2D eigenvalue weighted by molar-refractivity contribution is 6.99. The van der Waals surface area contributed by atoms with Crippen molar-refractivity contribution in [3.8, 4) is 5.88 Å². The van der Waals surface area contributed by atoms with Gasteiger partial charge in [-0.15, -0.1) is 4.37 Å². The summed E-state index contributed by atoms with van der Waals surface area (Å²) in [6, 6.07) is 0. The van der Waals surface area contributed by atoms with Crippen LogP contribution in [0.25, 0.3) is 5.57 Å². The summed E-state index contributed by atoms with van der Waals surface area (Å²) in [5.41, 5.74) is 1.39. The average molecular weight is 481 g/mol. The van der Waals surface area contributed by atoms with Gasteiger partial charge < -0.3 is 9.47 Å². The Labute approximate surface area is 205 Å². The third-order valence-electron chi connectivity index (χ3n) is 6.93. The number of rotatable bonds is 16. The van der Waals surface area contributed by atoms with Crippen LogP contribution < -0.4 is 4.74 Å². The molecule has 0 saturated carbocycles. The molecule has 0 spiro atoms. The zero-order chi connectivity index (χ0) is 24.2. The van der Waals surface area contributed by atoms with E-state index in [1.54, 1.807) is 0 Å². The number of quaternary nitrogens is 1. The zero-order valence-electron chi connectivity index (χ0n) is 21.7. The van der Waals surface area contributed by atoms with Gasteiger partial charge in [0.25, 0.3) is 5.88 Å². The first-order valence-corrected chi connectivity index (χ1v) is 13.8. The summed E-state index contributed by atoms with van der Waals surface area (Å²) in [6.07, 6.45) is 15.3. The number of carbonyl (C=O) groups is 1. The van der Waals surface area contributed by atoms with E-state index in [0.717, 1.165) is 50.0 Å². The Kier molecular flexibility index (Phi) is 11.8. The van der Waals surface area contributed by atoms with E-state index in [0.29, 0.717) is 23.4 Å². The predicted molar refractivity (Wildman–Crippen MR) is 136 cm³/mol. The van der Waals surface area contributed by atoms with Crippen molar-refractivity contribution in [2.45, 2.75) is 110 Å². The van der Waals surface area contributed by atoms with Crippen LogP contribution in [0.1, 0.15) is 110 Å². The summed E-state index contributed by atoms with van der Waals surface area (Å²) in [7, 11) is 2.18. The Morgan fingerprint density at radius 2 is 1.70 bits per heavy atom. The number of esters is 1. The second kappa shape index (κ2) is 14.1. The van der Waals surface area contributed by atoms with Crippen LogP contribution in [0.15, 0.2) is 6.08 Å². The molecular weight excluding hydrogens is 434 g/mol. The number of hydrogen-bond acceptors (Lipinski definition) is 6. The lowest BCUT2D eigenvalue weighted by molar-refractivity contribution is -0.971. The van der Waals surface area contributed by atoms with Crippen molar-refractivity contribution >= 4 is 23.3 Å². The Bertz CT molecular complexity index is 747. The molecule has 0 fully saturated rings. The van der Waals surface area contributed by atoms with Crippen LogP contribution in [-0.2, 0) is 9.53 Å². The summed E-state index contributed by atoms with van der Waals surface area (Å²) in [5.74, 6) is 0.562. The Balaban J connectivity index is 1.91. The number of hydrogen-bond donors (Lipinski definition) is 0. The second-order valence-corrected chi connectivity index (χ2v) is 10.6. The molecule has 2 heterocycles. The van der Waals surface area contributed by atoms with Crippen LogP contribution in [0.2, 0.25) is 0 Å². The normalized spacial score (nSPS) is 18.8. The van der Waals surface area contributed by atoms with Gasteiger partial charge in [0, 0.05) is 32.3 Å². The standard InChI is InChI=1S/C26H46N3O3S/c1-6-8-10-12-13-14-18-23(30)32-26(3,4)29(5)19-16-17-22(21-29)24-25(28-33-27-24)31-20-15-11-9-7-2/h17H,6-16,18-21H2,1-5H3/q+1. The maximum absolute atomic E-state index is 12.6. The van der Waals surface area contributed by atoms with Gasteiger partial charge in [-0.3, -0.25) is 9.28 Å². The van der Waals surface area contributed by atoms with Gasteiger partial charge in [-0.05, 0) is 12.8 Å². The summed E-state index contributed by atoms with van der Waals surface area (Å²) in [6.45, 7) is 10.9. The van der Waals surface area contributed by atoms with Crippen LogP contribution >= 0.6 is 11.7 Å². The molecule has 0 N–H and O–H groups in total. The summed E-state index contributed by atoms with van der Waals surface area (Å²) < 4.78 is 21.6. The molecular formula is C26H46N3O3S+. The minimum absolute atomic E-state index is 0.0858. The molecule has 188 valence electrons. The molecule has 1 aliphatic rings. The third-order valence-corrected chi connectivity index (χ3v) is 7.44. The van der Waals surface area contributed by atoms with Gasteiger partial charge in [-0.25, -0.2) is 0 Å². The fourth-order valence-corrected chi connectivity index (χ4v) is 4.86. The van der Waals surface area contributed by atoms with Crippen molar-refractivity contribution in [1.82, 2.24) is 8.75 Å². The SMILES string of the molecule is CCCCCCCCC(=O)OC(C)(C)[N+]1(C)CCC=C(c2nsnc2OCCCCCC)C1. The molecule has 33 heavy (non-hydrogen) atoms. The quantitative estimate of drug-likeness (QED) is 0.149. The monoisotopic (exact) mass is 480 g/mol. The molecule has 1 unspecified atom stereocenters. The lowest BCUT2D eigenvalue weighted by Gasteiger charge is -2.47. The van der Waals surface area contributed by atoms with Gasteiger partial charge in [-0.2, -0.15) is 4.37 Å². The number of carbonyl (C=O) groups excluding carboxylic acids is 1. The molecule has 0 radical (unpaired) electrons. The second-order valence-electron chi connectivity index (χ2n) is 10.1. The summed E-state index contributed by atoms with van der Waals surface area (Å²) in [5, 5.41) is 0. The molecule has 1 atom stereocenters. The van der Waals surface area contributed by atoms with Gasteiger partial charge in [-0.1, -0.05) is 71.3 Å². The van der Waals surface area contributed by atoms with Gasteiger partial charge in [0.15, 0.2) is 0 Å². The fourth-order valence-electron chi connectivity index (χ4n) is 4.33. The van der Waals surface area contributed by atoms with E-state index in [4.69, 9.17) is 9.47 Å². The van der Waals surface area contributed by atoms with Gasteiger partial charge >= 0.3 is 5.97 Å². The molecule has 7 heteroatoms. The van der Waals surface area contributed by atoms with Crippen LogP contribution in [-0.4, -0.2) is 51.7 Å². The molecule has 0 aromatic carbocycles. The first-order chi connectivity index (χ1) is 15.8. The van der Waals surface area contributed by atoms with Crippen molar-refractivity contribution < 1.29 is 18.8 Å². The largest absolute Gasteiger partial charge is 0.475 e. The highest BCUT2D eigenvalue weighted by atomic mass is 32.1. The van der Waals surface area contributed by atoms with Crippen molar-refractivity contribution in [3.05, 3.63) is 11.8 Å². The molecule has 1 aromatic rings. The molecule has 2 rings (SSSR count). The predicted octanol–water partition coefficient (Wildman–Crippen LogP) is 6.76. The van der Waals surface area contributed by atoms with Gasteiger partial charge in [0.05, 0.1) is 31.9 Å². The minimum atomic E-state index is -0.608. The Morgan fingerprint density at radius 1 is 1.03 bits per heavy atom. The average Bonchev–Trinajstić information content (AvgIpc) is 3.24. The van der Waals surface area contributed by atoms with E-state index in [1.807, 2.05) is 13.8 Å². The van der Waals surface area contributed by atoms with E-state index < -0.39 is 5.72 Å². The molecule has 0 amide bonds. The lowest BCUT2D eigenvalue weighted by Crippen LogP contribution is -2.62. The topological polar surface area (TPSA) is 61.3 Å². The number of unbranched alkanes of at least 4 members (excludes halogenated alkanes) is 8. The smallest absolute Gasteiger partial charge is 0.310 e. The number of nitrogens with zero attached hydrogens (tertiary/aromatic N) is 3. The third kappa shape index (κ3) is 8.67. The molecule has 6 nitrogen and oxygen atoms in total. The van der Waals surface area contributed by atoms with Crippen LogP contribution in [0, 0.1) is 0 Å². The van der Waals surface area contributed by atoms with E-state index in [1.165, 1.54) is 56.7 Å². The molecule has 0 aliphatic carbocycles. The lowest BCUT2D eigenvalue weighted by atomic mass is 10.0. The first kappa shape index (κ1) is 27.8. The van der Waals surface area contributed by atoms with Crippen molar-refractivity contribution in [3.63, 3.8) is 0 Å². The van der Waals surface area contributed by atoms with Crippen LogP contribution in [0.3, 0.4) is 0 Å². The molecule has 1 aromatic heterocycles. The minimum Gasteiger partial charge on any atom is -0.475 e. The van der Waals surface area contributed by atoms with Crippen molar-refractivity contribution in [2.24, 2.45) is 0 Å². The highest BCUT2D eigenvalue weighted by Crippen LogP contribution is 2.35. The van der Waals surface area contributed by atoms with Crippen LogP contribution in [0.4, 0.5) is 0 Å².